The zero-order valence-electron chi connectivity index (χ0n) is 8.01. The van der Waals surface area contributed by atoms with Crippen LogP contribution in [0.25, 0.3) is 0 Å². The van der Waals surface area contributed by atoms with Gasteiger partial charge in [0, 0.05) is 25.7 Å². The van der Waals surface area contributed by atoms with E-state index in [1.54, 1.807) is 11.8 Å². The van der Waals surface area contributed by atoms with Crippen LogP contribution in [0.4, 0.5) is 13.2 Å². The zero-order valence-corrected chi connectivity index (χ0v) is 8.01. The molecule has 14 heavy (non-hydrogen) atoms. The summed E-state index contributed by atoms with van der Waals surface area (Å²) >= 11 is 0. The molecule has 1 heterocycles. The van der Waals surface area contributed by atoms with Crippen molar-refractivity contribution in [1.29, 1.82) is 0 Å². The second-order valence-corrected chi connectivity index (χ2v) is 3.46. The summed E-state index contributed by atoms with van der Waals surface area (Å²) in [5, 5.41) is 11.9. The van der Waals surface area contributed by atoms with Crippen molar-refractivity contribution in [2.45, 2.75) is 25.2 Å². The molecule has 1 unspecified atom stereocenters. The number of alkyl halides is 3. The van der Waals surface area contributed by atoms with Gasteiger partial charge >= 0.3 is 6.18 Å². The van der Waals surface area contributed by atoms with Crippen LogP contribution in [0, 0.1) is 0 Å². The van der Waals surface area contributed by atoms with Gasteiger partial charge < -0.3 is 10.4 Å². The van der Waals surface area contributed by atoms with Gasteiger partial charge in [0.1, 0.15) is 0 Å². The molecule has 0 aliphatic carbocycles. The molecule has 84 valence electrons. The van der Waals surface area contributed by atoms with E-state index in [0.29, 0.717) is 19.6 Å². The maximum atomic E-state index is 12.0. The SMILES string of the molecule is CCN(CC(O)C(F)(F)F)C1CNC1. The third kappa shape index (κ3) is 2.83. The Balaban J connectivity index is 2.39. The van der Waals surface area contributed by atoms with Gasteiger partial charge in [0.2, 0.25) is 0 Å². The zero-order chi connectivity index (χ0) is 10.8. The summed E-state index contributed by atoms with van der Waals surface area (Å²) < 4.78 is 36.1. The third-order valence-electron chi connectivity index (χ3n) is 2.47. The number of rotatable bonds is 4. The number of halogens is 3. The molecular weight excluding hydrogens is 197 g/mol. The van der Waals surface area contributed by atoms with Crippen molar-refractivity contribution in [2.75, 3.05) is 26.2 Å². The molecule has 1 aliphatic heterocycles. The van der Waals surface area contributed by atoms with Crippen molar-refractivity contribution in [2.24, 2.45) is 0 Å². The van der Waals surface area contributed by atoms with E-state index in [9.17, 15) is 13.2 Å². The van der Waals surface area contributed by atoms with Gasteiger partial charge in [-0.15, -0.1) is 0 Å². The van der Waals surface area contributed by atoms with Crippen LogP contribution >= 0.6 is 0 Å². The largest absolute Gasteiger partial charge is 0.415 e. The average molecular weight is 212 g/mol. The van der Waals surface area contributed by atoms with Gasteiger partial charge in [0.05, 0.1) is 0 Å². The van der Waals surface area contributed by atoms with E-state index in [2.05, 4.69) is 5.32 Å². The second kappa shape index (κ2) is 4.46. The van der Waals surface area contributed by atoms with E-state index in [0.717, 1.165) is 0 Å². The van der Waals surface area contributed by atoms with Gasteiger partial charge in [-0.2, -0.15) is 13.2 Å². The van der Waals surface area contributed by atoms with Crippen molar-refractivity contribution >= 4 is 0 Å². The number of aliphatic hydroxyl groups excluding tert-OH is 1. The predicted octanol–water partition coefficient (Wildman–Crippen LogP) is 0.203. The van der Waals surface area contributed by atoms with Crippen LogP contribution in [0.5, 0.6) is 0 Å². The van der Waals surface area contributed by atoms with E-state index in [4.69, 9.17) is 5.11 Å². The minimum absolute atomic E-state index is 0.136. The van der Waals surface area contributed by atoms with Crippen LogP contribution in [0.2, 0.25) is 0 Å². The van der Waals surface area contributed by atoms with Crippen molar-refractivity contribution in [3.8, 4) is 0 Å². The topological polar surface area (TPSA) is 35.5 Å². The molecule has 0 amide bonds. The monoisotopic (exact) mass is 212 g/mol. The Bertz CT molecular complexity index is 182. The lowest BCUT2D eigenvalue weighted by molar-refractivity contribution is -0.209. The first kappa shape index (κ1) is 11.7. The van der Waals surface area contributed by atoms with E-state index in [1.807, 2.05) is 0 Å². The molecule has 1 atom stereocenters. The Morgan fingerprint density at radius 2 is 2.07 bits per heavy atom. The van der Waals surface area contributed by atoms with Crippen LogP contribution in [0.1, 0.15) is 6.92 Å². The van der Waals surface area contributed by atoms with Crippen LogP contribution < -0.4 is 5.32 Å². The number of aliphatic hydroxyl groups is 1. The summed E-state index contributed by atoms with van der Waals surface area (Å²) in [6, 6.07) is 0.136. The van der Waals surface area contributed by atoms with Crippen LogP contribution in [0.15, 0.2) is 0 Å². The quantitative estimate of drug-likeness (QED) is 0.699. The molecule has 0 saturated carbocycles. The molecule has 0 aromatic rings. The molecular formula is C8H15F3N2O. The Kier molecular flexibility index (Phi) is 3.74. The Morgan fingerprint density at radius 3 is 2.36 bits per heavy atom. The molecule has 1 fully saturated rings. The van der Waals surface area contributed by atoms with Crippen LogP contribution in [-0.4, -0.2) is 54.5 Å². The standard InChI is InChI=1S/C8H15F3N2O/c1-2-13(6-3-12-4-6)5-7(14)8(9,10)11/h6-7,12,14H,2-5H2,1H3. The summed E-state index contributed by atoms with van der Waals surface area (Å²) in [4.78, 5) is 1.65. The molecule has 1 rings (SSSR count). The van der Waals surface area contributed by atoms with Crippen molar-refractivity contribution in [3.63, 3.8) is 0 Å². The maximum absolute atomic E-state index is 12.0. The van der Waals surface area contributed by atoms with E-state index in [-0.39, 0.29) is 12.6 Å². The molecule has 0 radical (unpaired) electrons. The first-order valence-electron chi connectivity index (χ1n) is 4.64. The number of nitrogens with zero attached hydrogens (tertiary/aromatic N) is 1. The number of nitrogens with one attached hydrogen (secondary N) is 1. The predicted molar refractivity (Wildman–Crippen MR) is 46.0 cm³/mol. The number of hydrogen-bond acceptors (Lipinski definition) is 3. The van der Waals surface area contributed by atoms with Crippen LogP contribution in [0.3, 0.4) is 0 Å². The van der Waals surface area contributed by atoms with Crippen molar-refractivity contribution < 1.29 is 18.3 Å². The van der Waals surface area contributed by atoms with Crippen molar-refractivity contribution in [3.05, 3.63) is 0 Å². The van der Waals surface area contributed by atoms with Gasteiger partial charge in [0.25, 0.3) is 0 Å². The van der Waals surface area contributed by atoms with Gasteiger partial charge in [-0.25, -0.2) is 0 Å². The highest BCUT2D eigenvalue weighted by molar-refractivity contribution is 4.86. The highest BCUT2D eigenvalue weighted by Gasteiger charge is 2.40. The minimum Gasteiger partial charge on any atom is -0.382 e. The molecule has 1 saturated heterocycles. The van der Waals surface area contributed by atoms with Gasteiger partial charge in [-0.05, 0) is 6.54 Å². The fourth-order valence-electron chi connectivity index (χ4n) is 1.39. The Labute approximate surface area is 80.9 Å². The Morgan fingerprint density at radius 1 is 1.50 bits per heavy atom. The summed E-state index contributed by atoms with van der Waals surface area (Å²) in [6.07, 6.45) is -6.74. The summed E-state index contributed by atoms with van der Waals surface area (Å²) in [6.45, 7) is 3.41. The molecule has 0 aromatic heterocycles. The normalized spacial score (nSPS) is 21.0. The van der Waals surface area contributed by atoms with Gasteiger partial charge in [0.15, 0.2) is 6.10 Å². The van der Waals surface area contributed by atoms with Gasteiger partial charge in [-0.3, -0.25) is 4.90 Å². The summed E-state index contributed by atoms with van der Waals surface area (Å²) in [5.41, 5.74) is 0. The maximum Gasteiger partial charge on any atom is 0.415 e. The number of hydrogen-bond donors (Lipinski definition) is 2. The lowest BCUT2D eigenvalue weighted by atomic mass is 10.1. The number of likely N-dealkylation sites (N-methyl/N-ethyl adjacent to an activating group) is 1. The fraction of sp³-hybridized carbons (Fsp3) is 1.00. The van der Waals surface area contributed by atoms with E-state index in [1.165, 1.54) is 0 Å². The molecule has 0 spiro atoms. The third-order valence-corrected chi connectivity index (χ3v) is 2.47. The molecule has 3 nitrogen and oxygen atoms in total. The molecule has 0 aromatic carbocycles. The molecule has 2 N–H and O–H groups in total. The minimum atomic E-state index is -4.51. The summed E-state index contributed by atoms with van der Waals surface area (Å²) in [7, 11) is 0. The fourth-order valence-corrected chi connectivity index (χ4v) is 1.39. The smallest absolute Gasteiger partial charge is 0.382 e. The first-order valence-corrected chi connectivity index (χ1v) is 4.64. The van der Waals surface area contributed by atoms with Crippen LogP contribution in [-0.2, 0) is 0 Å². The lowest BCUT2D eigenvalue weighted by Crippen LogP contribution is -2.59. The molecule has 6 heteroatoms. The van der Waals surface area contributed by atoms with Crippen molar-refractivity contribution in [1.82, 2.24) is 10.2 Å². The van der Waals surface area contributed by atoms with Gasteiger partial charge in [-0.1, -0.05) is 6.92 Å². The first-order chi connectivity index (χ1) is 6.45. The highest BCUT2D eigenvalue weighted by Crippen LogP contribution is 2.21. The second-order valence-electron chi connectivity index (χ2n) is 3.46. The van der Waals surface area contributed by atoms with E-state index < -0.39 is 12.3 Å². The van der Waals surface area contributed by atoms with E-state index >= 15 is 0 Å². The average Bonchev–Trinajstić information content (AvgIpc) is 1.97. The molecule has 0 bridgehead atoms. The Hall–Kier alpha value is -0.330. The lowest BCUT2D eigenvalue weighted by Gasteiger charge is -2.38. The summed E-state index contributed by atoms with van der Waals surface area (Å²) in [5.74, 6) is 0. The molecule has 1 aliphatic rings. The highest BCUT2D eigenvalue weighted by atomic mass is 19.4.